The molecule has 1 aromatic heterocycles. The third-order valence-electron chi connectivity index (χ3n) is 3.44. The largest absolute Gasteiger partial charge is 0.489 e. The molecule has 128 valence electrons. The lowest BCUT2D eigenvalue weighted by Crippen LogP contribution is -2.06. The molecular formula is C18H16ClN3O3. The second-order valence-corrected chi connectivity index (χ2v) is 5.62. The standard InChI is InChI=1S/C18H16ClN3O3/c1-2-24-18(23)17-16(20-22-21-17)13-6-8-15(9-7-13)25-11-12-4-3-5-14(19)10-12/h3-10H,2,11H2,1H3,(H,20,21,22). The van der Waals surface area contributed by atoms with E-state index in [0.29, 0.717) is 23.1 Å². The van der Waals surface area contributed by atoms with Crippen molar-refractivity contribution in [2.24, 2.45) is 0 Å². The molecule has 1 heterocycles. The minimum absolute atomic E-state index is 0.162. The summed E-state index contributed by atoms with van der Waals surface area (Å²) in [4.78, 5) is 11.9. The number of hydrogen-bond donors (Lipinski definition) is 1. The van der Waals surface area contributed by atoms with Crippen molar-refractivity contribution in [3.63, 3.8) is 0 Å². The molecule has 0 amide bonds. The zero-order valence-electron chi connectivity index (χ0n) is 13.5. The van der Waals surface area contributed by atoms with E-state index in [9.17, 15) is 4.79 Å². The number of carbonyl (C=O) groups excluding carboxylic acids is 1. The second kappa shape index (κ2) is 7.81. The SMILES string of the molecule is CCOC(=O)c1n[nH]nc1-c1ccc(OCc2cccc(Cl)c2)cc1. The molecule has 3 aromatic rings. The van der Waals surface area contributed by atoms with Gasteiger partial charge >= 0.3 is 5.97 Å². The molecule has 0 spiro atoms. The number of hydrogen-bond acceptors (Lipinski definition) is 5. The topological polar surface area (TPSA) is 77.1 Å². The molecule has 0 saturated heterocycles. The van der Waals surface area contributed by atoms with Gasteiger partial charge in [0.05, 0.1) is 6.61 Å². The first-order valence-electron chi connectivity index (χ1n) is 7.73. The number of esters is 1. The molecule has 0 aliphatic carbocycles. The number of halogens is 1. The summed E-state index contributed by atoms with van der Waals surface area (Å²) in [5.41, 5.74) is 2.33. The Morgan fingerprint density at radius 1 is 1.16 bits per heavy atom. The zero-order valence-corrected chi connectivity index (χ0v) is 14.3. The van der Waals surface area contributed by atoms with Gasteiger partial charge in [-0.25, -0.2) is 4.79 Å². The van der Waals surface area contributed by atoms with Gasteiger partial charge in [0, 0.05) is 10.6 Å². The van der Waals surface area contributed by atoms with Gasteiger partial charge in [0.15, 0.2) is 5.69 Å². The maximum atomic E-state index is 11.9. The minimum Gasteiger partial charge on any atom is -0.489 e. The monoisotopic (exact) mass is 357 g/mol. The molecule has 7 heteroatoms. The predicted molar refractivity (Wildman–Crippen MR) is 93.6 cm³/mol. The van der Waals surface area contributed by atoms with Gasteiger partial charge in [-0.1, -0.05) is 23.7 Å². The van der Waals surface area contributed by atoms with Crippen LogP contribution in [0.1, 0.15) is 23.0 Å². The van der Waals surface area contributed by atoms with E-state index in [1.165, 1.54) is 0 Å². The molecule has 0 atom stereocenters. The van der Waals surface area contributed by atoms with E-state index in [0.717, 1.165) is 11.1 Å². The summed E-state index contributed by atoms with van der Waals surface area (Å²) >= 11 is 5.96. The Bertz CT molecular complexity index is 862. The van der Waals surface area contributed by atoms with Crippen molar-refractivity contribution < 1.29 is 14.3 Å². The molecule has 0 radical (unpaired) electrons. The Morgan fingerprint density at radius 2 is 1.96 bits per heavy atom. The van der Waals surface area contributed by atoms with Crippen molar-refractivity contribution in [1.82, 2.24) is 15.4 Å². The van der Waals surface area contributed by atoms with Crippen LogP contribution in [-0.4, -0.2) is 28.0 Å². The first-order valence-corrected chi connectivity index (χ1v) is 8.10. The van der Waals surface area contributed by atoms with E-state index in [-0.39, 0.29) is 12.3 Å². The highest BCUT2D eigenvalue weighted by Gasteiger charge is 2.18. The Hall–Kier alpha value is -2.86. The highest BCUT2D eigenvalue weighted by Crippen LogP contribution is 2.24. The van der Waals surface area contributed by atoms with Crippen LogP contribution < -0.4 is 4.74 Å². The third-order valence-corrected chi connectivity index (χ3v) is 3.67. The summed E-state index contributed by atoms with van der Waals surface area (Å²) in [6, 6.07) is 14.7. The molecule has 0 fully saturated rings. The summed E-state index contributed by atoms with van der Waals surface area (Å²) < 4.78 is 10.7. The number of nitrogens with one attached hydrogen (secondary N) is 1. The quantitative estimate of drug-likeness (QED) is 0.677. The van der Waals surface area contributed by atoms with Crippen molar-refractivity contribution in [2.45, 2.75) is 13.5 Å². The fraction of sp³-hybridized carbons (Fsp3) is 0.167. The van der Waals surface area contributed by atoms with Crippen LogP contribution in [0.25, 0.3) is 11.3 Å². The Labute approximate surface area is 149 Å². The second-order valence-electron chi connectivity index (χ2n) is 5.18. The number of ether oxygens (including phenoxy) is 2. The van der Waals surface area contributed by atoms with E-state index in [2.05, 4.69) is 15.4 Å². The molecule has 0 saturated carbocycles. The van der Waals surface area contributed by atoms with Crippen LogP contribution in [0.2, 0.25) is 5.02 Å². The first kappa shape index (κ1) is 17.0. The lowest BCUT2D eigenvalue weighted by Gasteiger charge is -2.07. The fourth-order valence-corrected chi connectivity index (χ4v) is 2.49. The van der Waals surface area contributed by atoms with Gasteiger partial charge in [-0.15, -0.1) is 5.10 Å². The van der Waals surface area contributed by atoms with Gasteiger partial charge in [0.1, 0.15) is 18.1 Å². The van der Waals surface area contributed by atoms with Crippen LogP contribution in [-0.2, 0) is 11.3 Å². The van der Waals surface area contributed by atoms with Crippen molar-refractivity contribution in [3.05, 3.63) is 64.8 Å². The minimum atomic E-state index is -0.507. The van der Waals surface area contributed by atoms with Crippen LogP contribution in [0, 0.1) is 0 Å². The van der Waals surface area contributed by atoms with Crippen molar-refractivity contribution in [3.8, 4) is 17.0 Å². The van der Waals surface area contributed by atoms with Crippen LogP contribution in [0.4, 0.5) is 0 Å². The number of aromatic amines is 1. The van der Waals surface area contributed by atoms with Crippen molar-refractivity contribution in [1.29, 1.82) is 0 Å². The lowest BCUT2D eigenvalue weighted by atomic mass is 10.1. The van der Waals surface area contributed by atoms with Crippen molar-refractivity contribution >= 4 is 17.6 Å². The van der Waals surface area contributed by atoms with Crippen LogP contribution in [0.3, 0.4) is 0 Å². The van der Waals surface area contributed by atoms with E-state index in [1.807, 2.05) is 48.5 Å². The summed E-state index contributed by atoms with van der Waals surface area (Å²) in [6.45, 7) is 2.43. The number of nitrogens with zero attached hydrogens (tertiary/aromatic N) is 2. The average molecular weight is 358 g/mol. The van der Waals surface area contributed by atoms with E-state index >= 15 is 0 Å². The molecule has 3 rings (SSSR count). The van der Waals surface area contributed by atoms with Gasteiger partial charge in [-0.2, -0.15) is 10.3 Å². The lowest BCUT2D eigenvalue weighted by molar-refractivity contribution is 0.0520. The number of benzene rings is 2. The number of carbonyl (C=O) groups is 1. The molecule has 6 nitrogen and oxygen atoms in total. The Morgan fingerprint density at radius 3 is 2.68 bits per heavy atom. The molecular weight excluding hydrogens is 342 g/mol. The Balaban J connectivity index is 1.70. The van der Waals surface area contributed by atoms with Crippen LogP contribution in [0.5, 0.6) is 5.75 Å². The summed E-state index contributed by atoms with van der Waals surface area (Å²) in [5.74, 6) is 0.192. The normalized spacial score (nSPS) is 10.5. The molecule has 0 aliphatic rings. The summed E-state index contributed by atoms with van der Waals surface area (Å²) in [5, 5.41) is 11.0. The fourth-order valence-electron chi connectivity index (χ4n) is 2.28. The van der Waals surface area contributed by atoms with Gasteiger partial charge in [-0.05, 0) is 48.9 Å². The molecule has 0 bridgehead atoms. The van der Waals surface area contributed by atoms with Crippen molar-refractivity contribution in [2.75, 3.05) is 6.61 Å². The predicted octanol–water partition coefficient (Wildman–Crippen LogP) is 3.88. The van der Waals surface area contributed by atoms with Crippen LogP contribution in [0.15, 0.2) is 48.5 Å². The van der Waals surface area contributed by atoms with Gasteiger partial charge in [0.2, 0.25) is 0 Å². The van der Waals surface area contributed by atoms with Gasteiger partial charge < -0.3 is 9.47 Å². The molecule has 0 unspecified atom stereocenters. The van der Waals surface area contributed by atoms with Gasteiger partial charge in [-0.3, -0.25) is 0 Å². The van der Waals surface area contributed by atoms with E-state index < -0.39 is 5.97 Å². The number of H-pyrrole nitrogens is 1. The zero-order chi connectivity index (χ0) is 17.6. The third kappa shape index (κ3) is 4.16. The number of aromatic nitrogens is 3. The molecule has 1 N–H and O–H groups in total. The highest BCUT2D eigenvalue weighted by molar-refractivity contribution is 6.30. The summed E-state index contributed by atoms with van der Waals surface area (Å²) in [7, 11) is 0. The average Bonchev–Trinajstić information content (AvgIpc) is 3.10. The van der Waals surface area contributed by atoms with Gasteiger partial charge in [0.25, 0.3) is 0 Å². The van der Waals surface area contributed by atoms with E-state index in [1.54, 1.807) is 6.92 Å². The number of rotatable bonds is 6. The summed E-state index contributed by atoms with van der Waals surface area (Å²) in [6.07, 6.45) is 0. The first-order chi connectivity index (χ1) is 12.2. The highest BCUT2D eigenvalue weighted by atomic mass is 35.5. The molecule has 2 aromatic carbocycles. The molecule has 0 aliphatic heterocycles. The smallest absolute Gasteiger partial charge is 0.361 e. The Kier molecular flexibility index (Phi) is 5.30. The molecule has 25 heavy (non-hydrogen) atoms. The van der Waals surface area contributed by atoms with Crippen LogP contribution >= 0.6 is 11.6 Å². The maximum Gasteiger partial charge on any atom is 0.361 e. The van der Waals surface area contributed by atoms with E-state index in [4.69, 9.17) is 21.1 Å². The maximum absolute atomic E-state index is 11.9.